The third-order valence-corrected chi connectivity index (χ3v) is 4.30. The Morgan fingerprint density at radius 2 is 2.08 bits per heavy atom. The lowest BCUT2D eigenvalue weighted by Gasteiger charge is -2.45. The van der Waals surface area contributed by atoms with Crippen LogP contribution in [-0.4, -0.2) is 10.7 Å². The van der Waals surface area contributed by atoms with E-state index in [1.165, 1.54) is 0 Å². The van der Waals surface area contributed by atoms with Gasteiger partial charge in [-0.25, -0.2) is 0 Å². The lowest BCUT2D eigenvalue weighted by atomic mass is 9.65. The lowest BCUT2D eigenvalue weighted by molar-refractivity contribution is -0.123. The van der Waals surface area contributed by atoms with E-state index in [0.29, 0.717) is 0 Å². The Balaban J connectivity index is 3.16. The second-order valence-corrected chi connectivity index (χ2v) is 5.17. The Kier molecular flexibility index (Phi) is 2.59. The van der Waals surface area contributed by atoms with Gasteiger partial charge < -0.3 is 0 Å². The number of ketones is 1. The first-order valence-corrected chi connectivity index (χ1v) is 5.07. The number of halogens is 1. The molecule has 0 aromatic rings. The molecule has 1 aliphatic carbocycles. The molecular weight excluding hydrogens is 184 g/mol. The first-order valence-electron chi connectivity index (χ1n) is 4.69. The van der Waals surface area contributed by atoms with Crippen molar-refractivity contribution in [1.82, 2.24) is 0 Å². The number of Topliss-reactive ketones (excluding diaryl/α,β-unsaturated/α-hetero) is 1. The zero-order chi connectivity index (χ0) is 10.3. The molecule has 0 saturated carbocycles. The number of carbonyl (C=O) groups excluding carboxylic acids is 1. The summed E-state index contributed by atoms with van der Waals surface area (Å²) in [6, 6.07) is 0. The van der Waals surface area contributed by atoms with Gasteiger partial charge in [0, 0.05) is 5.92 Å². The third kappa shape index (κ3) is 1.43. The smallest absolute Gasteiger partial charge is 0.151 e. The number of carbonyl (C=O) groups is 1. The minimum absolute atomic E-state index is 0.0796. The second-order valence-electron chi connectivity index (χ2n) is 4.57. The quantitative estimate of drug-likeness (QED) is 0.470. The van der Waals surface area contributed by atoms with Crippen molar-refractivity contribution in [1.29, 1.82) is 0 Å². The van der Waals surface area contributed by atoms with Gasteiger partial charge in [0.2, 0.25) is 0 Å². The van der Waals surface area contributed by atoms with Crippen LogP contribution in [0.15, 0.2) is 12.2 Å². The van der Waals surface area contributed by atoms with Crippen LogP contribution >= 0.6 is 11.6 Å². The maximum atomic E-state index is 11.6. The summed E-state index contributed by atoms with van der Waals surface area (Å²) in [6.07, 6.45) is 5.04. The highest BCUT2D eigenvalue weighted by Crippen LogP contribution is 2.49. The fourth-order valence-electron chi connectivity index (χ4n) is 2.26. The van der Waals surface area contributed by atoms with E-state index < -0.39 is 4.87 Å². The molecule has 0 aromatic carbocycles. The molecule has 74 valence electrons. The number of alkyl halides is 1. The molecule has 1 nitrogen and oxygen atoms in total. The highest BCUT2D eigenvalue weighted by Gasteiger charge is 2.51. The summed E-state index contributed by atoms with van der Waals surface area (Å²) in [5.41, 5.74) is -0.144. The summed E-state index contributed by atoms with van der Waals surface area (Å²) in [5.74, 6) is 0.200. The molecule has 0 radical (unpaired) electrons. The van der Waals surface area contributed by atoms with Gasteiger partial charge in [-0.2, -0.15) is 0 Å². The van der Waals surface area contributed by atoms with Crippen molar-refractivity contribution in [2.24, 2.45) is 11.3 Å². The van der Waals surface area contributed by atoms with Gasteiger partial charge in [-0.15, -0.1) is 11.6 Å². The largest absolute Gasteiger partial charge is 0.298 e. The molecular formula is C11H17ClO. The SMILES string of the molecule is CC(=O)[C@@]1(Cl)[C@@H](C)C=CCC1(C)C. The van der Waals surface area contributed by atoms with Gasteiger partial charge in [-0.05, 0) is 18.8 Å². The highest BCUT2D eigenvalue weighted by molar-refractivity contribution is 6.36. The molecule has 0 aliphatic heterocycles. The molecule has 0 N–H and O–H groups in total. The number of hydrogen-bond donors (Lipinski definition) is 0. The topological polar surface area (TPSA) is 17.1 Å². The third-order valence-electron chi connectivity index (χ3n) is 3.18. The Morgan fingerprint density at radius 3 is 2.38 bits per heavy atom. The summed E-state index contributed by atoms with van der Waals surface area (Å²) in [4.78, 5) is 10.9. The van der Waals surface area contributed by atoms with Crippen LogP contribution in [0.25, 0.3) is 0 Å². The molecule has 0 fully saturated rings. The van der Waals surface area contributed by atoms with E-state index in [-0.39, 0.29) is 17.1 Å². The summed E-state index contributed by atoms with van der Waals surface area (Å²) in [5, 5.41) is 0. The predicted octanol–water partition coefficient (Wildman–Crippen LogP) is 3.18. The normalized spacial score (nSPS) is 37.5. The van der Waals surface area contributed by atoms with Crippen LogP contribution in [0.4, 0.5) is 0 Å². The zero-order valence-electron chi connectivity index (χ0n) is 8.73. The molecule has 0 amide bonds. The molecule has 2 heteroatoms. The van der Waals surface area contributed by atoms with Crippen molar-refractivity contribution in [2.75, 3.05) is 0 Å². The van der Waals surface area contributed by atoms with Gasteiger partial charge in [-0.1, -0.05) is 32.9 Å². The van der Waals surface area contributed by atoms with E-state index in [1.54, 1.807) is 6.92 Å². The Labute approximate surface area is 85.2 Å². The molecule has 0 spiro atoms. The fourth-order valence-corrected chi connectivity index (χ4v) is 2.41. The zero-order valence-corrected chi connectivity index (χ0v) is 9.48. The molecule has 0 saturated heterocycles. The van der Waals surface area contributed by atoms with E-state index >= 15 is 0 Å². The number of rotatable bonds is 1. The number of allylic oxidation sites excluding steroid dienone is 2. The van der Waals surface area contributed by atoms with Gasteiger partial charge in [0.1, 0.15) is 4.87 Å². The van der Waals surface area contributed by atoms with Crippen LogP contribution in [0.3, 0.4) is 0 Å². The molecule has 0 aromatic heterocycles. The maximum absolute atomic E-state index is 11.6. The van der Waals surface area contributed by atoms with Gasteiger partial charge in [0.25, 0.3) is 0 Å². The van der Waals surface area contributed by atoms with Crippen molar-refractivity contribution < 1.29 is 4.79 Å². The first-order chi connectivity index (χ1) is 5.82. The van der Waals surface area contributed by atoms with Crippen LogP contribution in [0.1, 0.15) is 34.1 Å². The Hall–Kier alpha value is -0.300. The molecule has 1 rings (SSSR count). The summed E-state index contributed by atoms with van der Waals surface area (Å²) in [6.45, 7) is 7.71. The molecule has 0 unspecified atom stereocenters. The summed E-state index contributed by atoms with van der Waals surface area (Å²) in [7, 11) is 0. The predicted molar refractivity (Wildman–Crippen MR) is 56.0 cm³/mol. The fraction of sp³-hybridized carbons (Fsp3) is 0.727. The lowest BCUT2D eigenvalue weighted by Crippen LogP contribution is -2.51. The molecule has 0 bridgehead atoms. The van der Waals surface area contributed by atoms with E-state index in [4.69, 9.17) is 11.6 Å². The van der Waals surface area contributed by atoms with Crippen LogP contribution in [-0.2, 0) is 4.79 Å². The average molecular weight is 201 g/mol. The van der Waals surface area contributed by atoms with E-state index in [9.17, 15) is 4.79 Å². The Morgan fingerprint density at radius 1 is 1.54 bits per heavy atom. The van der Waals surface area contributed by atoms with Crippen molar-refractivity contribution >= 4 is 17.4 Å². The van der Waals surface area contributed by atoms with Crippen molar-refractivity contribution in [3.8, 4) is 0 Å². The second kappa shape index (κ2) is 3.13. The minimum Gasteiger partial charge on any atom is -0.298 e. The van der Waals surface area contributed by atoms with Crippen molar-refractivity contribution in [3.63, 3.8) is 0 Å². The van der Waals surface area contributed by atoms with Crippen LogP contribution in [0.2, 0.25) is 0 Å². The van der Waals surface area contributed by atoms with E-state index in [2.05, 4.69) is 19.9 Å². The van der Waals surface area contributed by atoms with Gasteiger partial charge in [0.05, 0.1) is 0 Å². The van der Waals surface area contributed by atoms with Gasteiger partial charge in [-0.3, -0.25) is 4.79 Å². The summed E-state index contributed by atoms with van der Waals surface area (Å²) < 4.78 is 0. The van der Waals surface area contributed by atoms with Crippen LogP contribution in [0.5, 0.6) is 0 Å². The monoisotopic (exact) mass is 200 g/mol. The highest BCUT2D eigenvalue weighted by atomic mass is 35.5. The average Bonchev–Trinajstić information content (AvgIpc) is 1.99. The maximum Gasteiger partial charge on any atom is 0.151 e. The molecule has 0 heterocycles. The van der Waals surface area contributed by atoms with Gasteiger partial charge in [0.15, 0.2) is 5.78 Å². The standard InChI is InChI=1S/C11H17ClO/c1-8-6-5-7-10(3,4)11(8,12)9(2)13/h5-6,8H,7H2,1-4H3/t8-,11-/m0/s1. The number of hydrogen-bond acceptors (Lipinski definition) is 1. The van der Waals surface area contributed by atoms with Crippen molar-refractivity contribution in [3.05, 3.63) is 12.2 Å². The molecule has 1 aliphatic rings. The van der Waals surface area contributed by atoms with Crippen LogP contribution < -0.4 is 0 Å². The van der Waals surface area contributed by atoms with E-state index in [0.717, 1.165) is 6.42 Å². The van der Waals surface area contributed by atoms with E-state index in [1.807, 2.05) is 13.0 Å². The first kappa shape index (κ1) is 10.8. The molecule has 2 atom stereocenters. The van der Waals surface area contributed by atoms with Crippen LogP contribution in [0, 0.1) is 11.3 Å². The Bertz CT molecular complexity index is 255. The summed E-state index contributed by atoms with van der Waals surface area (Å²) >= 11 is 6.45. The molecule has 13 heavy (non-hydrogen) atoms. The minimum atomic E-state index is -0.720. The van der Waals surface area contributed by atoms with Gasteiger partial charge >= 0.3 is 0 Å². The van der Waals surface area contributed by atoms with Crippen molar-refractivity contribution in [2.45, 2.75) is 39.0 Å².